The second-order valence-electron chi connectivity index (χ2n) is 5.12. The van der Waals surface area contributed by atoms with E-state index in [0.717, 1.165) is 11.6 Å². The van der Waals surface area contributed by atoms with Crippen LogP contribution in [0.3, 0.4) is 0 Å². The maximum absolute atomic E-state index is 13.6. The Hall–Kier alpha value is -2.44. The van der Waals surface area contributed by atoms with Crippen molar-refractivity contribution in [2.24, 2.45) is 0 Å². The van der Waals surface area contributed by atoms with Crippen molar-refractivity contribution in [3.8, 4) is 5.75 Å². The number of benzene rings is 2. The molecule has 0 unspecified atom stereocenters. The lowest BCUT2D eigenvalue weighted by atomic mass is 10.2. The van der Waals surface area contributed by atoms with Gasteiger partial charge in [0.25, 0.3) is 5.91 Å². The van der Waals surface area contributed by atoms with E-state index in [1.165, 1.54) is 17.4 Å². The zero-order chi connectivity index (χ0) is 17.8. The number of thiophene rings is 1. The number of hydrogen-bond acceptors (Lipinski definition) is 3. The van der Waals surface area contributed by atoms with Crippen LogP contribution in [0.25, 0.3) is 0 Å². The van der Waals surface area contributed by atoms with Crippen LogP contribution in [-0.4, -0.2) is 5.91 Å². The summed E-state index contributed by atoms with van der Waals surface area (Å²) in [6.45, 7) is 0.248. The minimum absolute atomic E-state index is 0.0753. The Morgan fingerprint density at radius 2 is 1.96 bits per heavy atom. The summed E-state index contributed by atoms with van der Waals surface area (Å²) >= 11 is 7.22. The molecule has 3 nitrogen and oxygen atoms in total. The molecule has 128 valence electrons. The molecule has 0 radical (unpaired) electrons. The molecule has 25 heavy (non-hydrogen) atoms. The standard InChI is InChI=1S/C18H12ClF2NO2S/c19-13-3-1-2-4-16(13)24-9-11-7-17(25-10-11)18(23)22-15-6-5-12(20)8-14(15)21/h1-8,10H,9H2,(H,22,23). The fourth-order valence-electron chi connectivity index (χ4n) is 2.07. The molecule has 0 fully saturated rings. The molecule has 7 heteroatoms. The lowest BCUT2D eigenvalue weighted by molar-refractivity contribution is 0.103. The minimum atomic E-state index is -0.827. The zero-order valence-electron chi connectivity index (χ0n) is 12.8. The highest BCUT2D eigenvalue weighted by atomic mass is 35.5. The Morgan fingerprint density at radius 1 is 1.16 bits per heavy atom. The van der Waals surface area contributed by atoms with E-state index in [2.05, 4.69) is 5.32 Å². The van der Waals surface area contributed by atoms with Crippen LogP contribution in [-0.2, 0) is 6.61 Å². The second kappa shape index (κ2) is 7.63. The molecule has 0 saturated carbocycles. The van der Waals surface area contributed by atoms with Gasteiger partial charge in [0, 0.05) is 11.6 Å². The Balaban J connectivity index is 1.64. The fraction of sp³-hybridized carbons (Fsp3) is 0.0556. The maximum Gasteiger partial charge on any atom is 0.265 e. The Bertz CT molecular complexity index is 914. The average molecular weight is 380 g/mol. The van der Waals surface area contributed by atoms with Crippen molar-refractivity contribution in [2.75, 3.05) is 5.32 Å². The van der Waals surface area contributed by atoms with Crippen LogP contribution in [0.2, 0.25) is 5.02 Å². The molecule has 1 heterocycles. The highest BCUT2D eigenvalue weighted by Gasteiger charge is 2.13. The molecule has 2 aromatic carbocycles. The molecule has 0 spiro atoms. The van der Waals surface area contributed by atoms with Gasteiger partial charge in [-0.1, -0.05) is 23.7 Å². The van der Waals surface area contributed by atoms with Crippen molar-refractivity contribution in [2.45, 2.75) is 6.61 Å². The molecule has 3 rings (SSSR count). The van der Waals surface area contributed by atoms with Crippen LogP contribution in [0.4, 0.5) is 14.5 Å². The minimum Gasteiger partial charge on any atom is -0.487 e. The van der Waals surface area contributed by atoms with Gasteiger partial charge in [-0.25, -0.2) is 8.78 Å². The summed E-state index contributed by atoms with van der Waals surface area (Å²) in [4.78, 5) is 12.6. The Morgan fingerprint density at radius 3 is 2.72 bits per heavy atom. The number of amides is 1. The van der Waals surface area contributed by atoms with E-state index in [1.54, 1.807) is 29.6 Å². The van der Waals surface area contributed by atoms with E-state index < -0.39 is 17.5 Å². The molecule has 0 saturated heterocycles. The molecule has 0 atom stereocenters. The predicted octanol–water partition coefficient (Wildman–Crippen LogP) is 5.51. The molecular weight excluding hydrogens is 368 g/mol. The molecule has 0 bridgehead atoms. The fourth-order valence-corrected chi connectivity index (χ4v) is 3.05. The Kier molecular flexibility index (Phi) is 5.31. The Labute approximate surface area is 151 Å². The van der Waals surface area contributed by atoms with Crippen molar-refractivity contribution in [1.82, 2.24) is 0 Å². The number of hydrogen-bond donors (Lipinski definition) is 1. The van der Waals surface area contributed by atoms with Crippen LogP contribution in [0.15, 0.2) is 53.9 Å². The van der Waals surface area contributed by atoms with Crippen LogP contribution >= 0.6 is 22.9 Å². The highest BCUT2D eigenvalue weighted by Crippen LogP contribution is 2.25. The average Bonchev–Trinajstić information content (AvgIpc) is 3.06. The SMILES string of the molecule is O=C(Nc1ccc(F)cc1F)c1cc(COc2ccccc2Cl)cs1. The van der Waals surface area contributed by atoms with Gasteiger partial charge in [-0.05, 0) is 35.7 Å². The van der Waals surface area contributed by atoms with Crippen LogP contribution in [0, 0.1) is 11.6 Å². The number of nitrogens with one attached hydrogen (secondary N) is 1. The van der Waals surface area contributed by atoms with Crippen LogP contribution < -0.4 is 10.1 Å². The van der Waals surface area contributed by atoms with Gasteiger partial charge >= 0.3 is 0 Å². The van der Waals surface area contributed by atoms with Crippen LogP contribution in [0.1, 0.15) is 15.2 Å². The van der Waals surface area contributed by atoms with Gasteiger partial charge in [-0.2, -0.15) is 0 Å². The number of ether oxygens (including phenoxy) is 1. The third-order valence-electron chi connectivity index (χ3n) is 3.29. The van der Waals surface area contributed by atoms with Gasteiger partial charge in [0.05, 0.1) is 15.6 Å². The van der Waals surface area contributed by atoms with Crippen LogP contribution in [0.5, 0.6) is 5.75 Å². The van der Waals surface area contributed by atoms with E-state index in [1.807, 2.05) is 6.07 Å². The van der Waals surface area contributed by atoms with E-state index in [-0.39, 0.29) is 12.3 Å². The molecule has 1 N–H and O–H groups in total. The highest BCUT2D eigenvalue weighted by molar-refractivity contribution is 7.12. The second-order valence-corrected chi connectivity index (χ2v) is 6.44. The van der Waals surface area contributed by atoms with Crippen molar-refractivity contribution < 1.29 is 18.3 Å². The number of para-hydroxylation sites is 1. The van der Waals surface area contributed by atoms with Gasteiger partial charge in [-0.15, -0.1) is 11.3 Å². The lowest BCUT2D eigenvalue weighted by Gasteiger charge is -2.06. The smallest absolute Gasteiger partial charge is 0.265 e. The maximum atomic E-state index is 13.6. The van der Waals surface area contributed by atoms with Crippen molar-refractivity contribution in [1.29, 1.82) is 0 Å². The number of halogens is 3. The first-order valence-corrected chi connectivity index (χ1v) is 8.50. The first kappa shape index (κ1) is 17.4. The van der Waals surface area contributed by atoms with Gasteiger partial charge in [0.2, 0.25) is 0 Å². The first-order chi connectivity index (χ1) is 12.0. The van der Waals surface area contributed by atoms with E-state index in [4.69, 9.17) is 16.3 Å². The summed E-state index contributed by atoms with van der Waals surface area (Å²) in [5.41, 5.74) is 0.711. The summed E-state index contributed by atoms with van der Waals surface area (Å²) in [7, 11) is 0. The normalized spacial score (nSPS) is 10.5. The van der Waals surface area contributed by atoms with E-state index in [0.29, 0.717) is 21.7 Å². The summed E-state index contributed by atoms with van der Waals surface area (Å²) in [5, 5.41) is 4.69. The lowest BCUT2D eigenvalue weighted by Crippen LogP contribution is -2.11. The number of carbonyl (C=O) groups excluding carboxylic acids is 1. The monoisotopic (exact) mass is 379 g/mol. The van der Waals surface area contributed by atoms with Crippen molar-refractivity contribution in [3.63, 3.8) is 0 Å². The van der Waals surface area contributed by atoms with E-state index in [9.17, 15) is 13.6 Å². The number of rotatable bonds is 5. The largest absolute Gasteiger partial charge is 0.487 e. The third kappa shape index (κ3) is 4.35. The zero-order valence-corrected chi connectivity index (χ0v) is 14.3. The van der Waals surface area contributed by atoms with Gasteiger partial charge in [0.15, 0.2) is 0 Å². The van der Waals surface area contributed by atoms with Gasteiger partial charge in [-0.3, -0.25) is 4.79 Å². The van der Waals surface area contributed by atoms with E-state index >= 15 is 0 Å². The molecule has 0 aliphatic heterocycles. The number of carbonyl (C=O) groups is 1. The topological polar surface area (TPSA) is 38.3 Å². The summed E-state index contributed by atoms with van der Waals surface area (Å²) < 4.78 is 32.1. The molecule has 1 amide bonds. The first-order valence-electron chi connectivity index (χ1n) is 7.24. The molecule has 1 aromatic heterocycles. The van der Waals surface area contributed by atoms with Gasteiger partial charge in [0.1, 0.15) is 24.0 Å². The third-order valence-corrected chi connectivity index (χ3v) is 4.58. The van der Waals surface area contributed by atoms with Crippen molar-refractivity contribution >= 4 is 34.5 Å². The van der Waals surface area contributed by atoms with Crippen molar-refractivity contribution in [3.05, 3.63) is 81.0 Å². The van der Waals surface area contributed by atoms with Gasteiger partial charge < -0.3 is 10.1 Å². The summed E-state index contributed by atoms with van der Waals surface area (Å²) in [5.74, 6) is -1.45. The molecule has 0 aliphatic carbocycles. The predicted molar refractivity (Wildman–Crippen MR) is 94.4 cm³/mol. The molecule has 0 aliphatic rings. The quantitative estimate of drug-likeness (QED) is 0.634. The number of anilines is 1. The summed E-state index contributed by atoms with van der Waals surface area (Å²) in [6.07, 6.45) is 0. The summed E-state index contributed by atoms with van der Waals surface area (Å²) in [6, 6.07) is 11.7. The molecular formula is C18H12ClF2NO2S. The molecule has 3 aromatic rings.